The van der Waals surface area contributed by atoms with Gasteiger partial charge in [0.05, 0.1) is 6.10 Å². The highest BCUT2D eigenvalue weighted by atomic mass is 16.6. The largest absolute Gasteiger partial charge is 0.450 e. The molecular weight excluding hydrogens is 392 g/mol. The van der Waals surface area contributed by atoms with E-state index in [4.69, 9.17) is 9.47 Å². The van der Waals surface area contributed by atoms with Crippen LogP contribution in [-0.4, -0.2) is 34.8 Å². The minimum absolute atomic E-state index is 0.00172. The maximum atomic E-state index is 13.2. The molecule has 1 saturated heterocycles. The molecule has 168 valence electrons. The number of epoxide rings is 1. The summed E-state index contributed by atoms with van der Waals surface area (Å²) in [6.45, 7) is 12.0. The summed E-state index contributed by atoms with van der Waals surface area (Å²) in [5, 5.41) is 0. The van der Waals surface area contributed by atoms with E-state index in [1.54, 1.807) is 19.9 Å². The van der Waals surface area contributed by atoms with E-state index >= 15 is 0 Å². The summed E-state index contributed by atoms with van der Waals surface area (Å²) in [7, 11) is 0. The molecule has 5 heteroatoms. The van der Waals surface area contributed by atoms with Crippen LogP contribution in [0, 0.1) is 34.5 Å². The fraction of sp³-hybridized carbons (Fsp3) is 0.731. The minimum atomic E-state index is -1.10. The SMILES string of the molecule is CCC(=O)O[C@]1(C(C)=O)[C@@H](C)C[C@H]2[C@@H]3C[C@H](C)C4=CC(=O)C=C[C@]4(C)[C@]34O[C@H]4C[C@@]21C. The molecule has 4 aliphatic carbocycles. The van der Waals surface area contributed by atoms with Crippen LogP contribution in [0.1, 0.15) is 67.2 Å². The molecule has 5 nitrogen and oxygen atoms in total. The van der Waals surface area contributed by atoms with Gasteiger partial charge in [-0.05, 0) is 63.0 Å². The third kappa shape index (κ3) is 2.24. The quantitative estimate of drug-likeness (QED) is 0.500. The van der Waals surface area contributed by atoms with Gasteiger partial charge in [0.25, 0.3) is 0 Å². The Kier molecular flexibility index (Phi) is 4.21. The molecule has 9 atom stereocenters. The van der Waals surface area contributed by atoms with Gasteiger partial charge < -0.3 is 9.47 Å². The van der Waals surface area contributed by atoms with Crippen molar-refractivity contribution in [3.8, 4) is 0 Å². The lowest BCUT2D eigenvalue weighted by atomic mass is 9.45. The Morgan fingerprint density at radius 3 is 2.55 bits per heavy atom. The first kappa shape index (κ1) is 21.1. The summed E-state index contributed by atoms with van der Waals surface area (Å²) in [6, 6.07) is 0. The van der Waals surface area contributed by atoms with E-state index in [9.17, 15) is 14.4 Å². The predicted octanol–water partition coefficient (Wildman–Crippen LogP) is 4.20. The number of fused-ring (bicyclic) bond motifs is 3. The summed E-state index contributed by atoms with van der Waals surface area (Å²) >= 11 is 0. The van der Waals surface area contributed by atoms with Gasteiger partial charge in [-0.1, -0.05) is 39.3 Å². The number of hydrogen-bond acceptors (Lipinski definition) is 5. The van der Waals surface area contributed by atoms with Crippen LogP contribution in [0.15, 0.2) is 23.8 Å². The van der Waals surface area contributed by atoms with Crippen molar-refractivity contribution in [3.05, 3.63) is 23.8 Å². The molecule has 1 heterocycles. The lowest BCUT2D eigenvalue weighted by Gasteiger charge is -2.57. The Bertz CT molecular complexity index is 947. The van der Waals surface area contributed by atoms with Gasteiger partial charge >= 0.3 is 5.97 Å². The van der Waals surface area contributed by atoms with Crippen molar-refractivity contribution in [2.24, 2.45) is 34.5 Å². The van der Waals surface area contributed by atoms with Gasteiger partial charge in [-0.2, -0.15) is 0 Å². The molecule has 3 saturated carbocycles. The van der Waals surface area contributed by atoms with E-state index < -0.39 is 11.0 Å². The second-order valence-corrected chi connectivity index (χ2v) is 11.2. The first-order chi connectivity index (χ1) is 14.5. The first-order valence-corrected chi connectivity index (χ1v) is 11.8. The van der Waals surface area contributed by atoms with Gasteiger partial charge in [0.2, 0.25) is 0 Å². The molecule has 0 unspecified atom stereocenters. The van der Waals surface area contributed by atoms with Crippen LogP contribution < -0.4 is 0 Å². The van der Waals surface area contributed by atoms with Crippen LogP contribution in [-0.2, 0) is 23.9 Å². The number of ether oxygens (including phenoxy) is 2. The molecule has 0 bridgehead atoms. The molecule has 5 aliphatic rings. The van der Waals surface area contributed by atoms with Gasteiger partial charge in [-0.15, -0.1) is 0 Å². The van der Waals surface area contributed by atoms with Crippen LogP contribution in [0.2, 0.25) is 0 Å². The number of esters is 1. The summed E-state index contributed by atoms with van der Waals surface area (Å²) in [4.78, 5) is 37.8. The van der Waals surface area contributed by atoms with Crippen LogP contribution in [0.5, 0.6) is 0 Å². The van der Waals surface area contributed by atoms with E-state index in [1.807, 2.05) is 6.08 Å². The Morgan fingerprint density at radius 1 is 1.19 bits per heavy atom. The summed E-state index contributed by atoms with van der Waals surface area (Å²) in [5.74, 6) is 0.427. The molecule has 4 fully saturated rings. The van der Waals surface area contributed by atoms with Crippen molar-refractivity contribution >= 4 is 17.5 Å². The van der Waals surface area contributed by atoms with Gasteiger partial charge in [0, 0.05) is 23.2 Å². The number of carbonyl (C=O) groups excluding carboxylic acids is 3. The molecule has 0 amide bonds. The smallest absolute Gasteiger partial charge is 0.306 e. The summed E-state index contributed by atoms with van der Waals surface area (Å²) in [5.41, 5.74) is -0.997. The van der Waals surface area contributed by atoms with Crippen molar-refractivity contribution in [1.82, 2.24) is 0 Å². The molecule has 0 N–H and O–H groups in total. The van der Waals surface area contributed by atoms with Crippen molar-refractivity contribution in [2.75, 3.05) is 0 Å². The molecule has 1 aliphatic heterocycles. The zero-order chi connectivity index (χ0) is 22.6. The molecule has 0 radical (unpaired) electrons. The number of carbonyl (C=O) groups is 3. The van der Waals surface area contributed by atoms with Gasteiger partial charge in [-0.3, -0.25) is 14.4 Å². The zero-order valence-corrected chi connectivity index (χ0v) is 19.5. The first-order valence-electron chi connectivity index (χ1n) is 11.8. The highest BCUT2D eigenvalue weighted by Crippen LogP contribution is 2.77. The van der Waals surface area contributed by atoms with Crippen LogP contribution in [0.3, 0.4) is 0 Å². The fourth-order valence-electron chi connectivity index (χ4n) is 8.65. The van der Waals surface area contributed by atoms with Crippen molar-refractivity contribution in [3.63, 3.8) is 0 Å². The summed E-state index contributed by atoms with van der Waals surface area (Å²) < 4.78 is 12.7. The Labute approximate surface area is 184 Å². The molecule has 5 rings (SSSR count). The van der Waals surface area contributed by atoms with Crippen molar-refractivity contribution < 1.29 is 23.9 Å². The minimum Gasteiger partial charge on any atom is -0.450 e. The Morgan fingerprint density at radius 2 is 1.90 bits per heavy atom. The highest BCUT2D eigenvalue weighted by Gasteiger charge is 2.83. The van der Waals surface area contributed by atoms with Crippen molar-refractivity contribution in [2.45, 2.75) is 84.5 Å². The van der Waals surface area contributed by atoms with E-state index in [2.05, 4.69) is 33.8 Å². The molecule has 0 aromatic carbocycles. The number of ketones is 2. The second-order valence-electron chi connectivity index (χ2n) is 11.2. The average Bonchev–Trinajstić information content (AvgIpc) is 3.38. The monoisotopic (exact) mass is 426 g/mol. The van der Waals surface area contributed by atoms with Crippen LogP contribution in [0.4, 0.5) is 0 Å². The van der Waals surface area contributed by atoms with Gasteiger partial charge in [0.1, 0.15) is 5.60 Å². The number of allylic oxidation sites excluding steroid dienone is 2. The van der Waals surface area contributed by atoms with Gasteiger partial charge in [-0.25, -0.2) is 0 Å². The number of Topliss-reactive ketones (excluding diaryl/α,β-unsaturated/α-hetero) is 1. The maximum absolute atomic E-state index is 13.2. The maximum Gasteiger partial charge on any atom is 0.306 e. The molecule has 1 spiro atoms. The van der Waals surface area contributed by atoms with E-state index in [0.29, 0.717) is 6.42 Å². The van der Waals surface area contributed by atoms with Gasteiger partial charge in [0.15, 0.2) is 17.2 Å². The van der Waals surface area contributed by atoms with Crippen molar-refractivity contribution in [1.29, 1.82) is 0 Å². The van der Waals surface area contributed by atoms with E-state index in [1.165, 1.54) is 5.57 Å². The normalized spacial score (nSPS) is 51.7. The highest BCUT2D eigenvalue weighted by molar-refractivity contribution is 6.01. The third-order valence-corrected chi connectivity index (χ3v) is 9.89. The zero-order valence-electron chi connectivity index (χ0n) is 19.5. The molecular formula is C26H34O5. The predicted molar refractivity (Wildman–Crippen MR) is 115 cm³/mol. The van der Waals surface area contributed by atoms with Crippen LogP contribution >= 0.6 is 0 Å². The average molecular weight is 427 g/mol. The lowest BCUT2D eigenvalue weighted by molar-refractivity contribution is -0.191. The lowest BCUT2D eigenvalue weighted by Crippen LogP contribution is -2.63. The van der Waals surface area contributed by atoms with Crippen LogP contribution in [0.25, 0.3) is 0 Å². The van der Waals surface area contributed by atoms with E-state index in [0.717, 1.165) is 12.8 Å². The van der Waals surface area contributed by atoms with E-state index in [-0.39, 0.29) is 64.7 Å². The fourth-order valence-corrected chi connectivity index (χ4v) is 8.65. The summed E-state index contributed by atoms with van der Waals surface area (Å²) in [6.07, 6.45) is 8.33. The third-order valence-electron chi connectivity index (χ3n) is 9.89. The number of rotatable bonds is 3. The molecule has 0 aromatic heterocycles. The standard InChI is InChI=1S/C26H34O5/c1-7-22(29)31-25(16(4)27)15(3)11-19-20-10-14(2)18-12-17(28)8-9-23(18,5)26(20)21(30-26)13-24(19,25)6/h8-9,12,14-15,19-21H,7,10-11,13H2,1-6H3/t14-,15-,19-,20-,21-,23-,24-,25-,26-/m0/s1. The molecule has 31 heavy (non-hydrogen) atoms. The topological polar surface area (TPSA) is 73.0 Å². The Balaban J connectivity index is 1.62. The number of hydrogen-bond donors (Lipinski definition) is 0. The molecule has 0 aromatic rings. The Hall–Kier alpha value is -1.75. The second kappa shape index (κ2) is 6.18.